The monoisotopic (exact) mass is 418 g/mol. The van der Waals surface area contributed by atoms with Crippen molar-refractivity contribution in [3.05, 3.63) is 48.0 Å². The molecule has 2 N–H and O–H groups in total. The van der Waals surface area contributed by atoms with Crippen LogP contribution in [-0.2, 0) is 10.0 Å². The van der Waals surface area contributed by atoms with Crippen molar-refractivity contribution >= 4 is 27.3 Å². The second-order valence-electron chi connectivity index (χ2n) is 6.88. The van der Waals surface area contributed by atoms with Crippen molar-refractivity contribution < 1.29 is 17.9 Å². The maximum atomic E-state index is 12.8. The average Bonchev–Trinajstić information content (AvgIpc) is 2.73. The summed E-state index contributed by atoms with van der Waals surface area (Å²) in [6.07, 6.45) is 0. The fraction of sp³-hybridized carbons (Fsp3) is 0.350. The molecule has 0 unspecified atom stereocenters. The maximum Gasteiger partial charge on any atom is 0.261 e. The highest BCUT2D eigenvalue weighted by Crippen LogP contribution is 2.25. The summed E-state index contributed by atoms with van der Waals surface area (Å²) in [4.78, 5) is 16.6. The number of nitrogens with zero attached hydrogens (tertiary/aromatic N) is 2. The van der Waals surface area contributed by atoms with Gasteiger partial charge in [0.1, 0.15) is 5.75 Å². The van der Waals surface area contributed by atoms with E-state index in [1.54, 1.807) is 12.1 Å². The summed E-state index contributed by atoms with van der Waals surface area (Å²) in [6, 6.07) is 11.5. The van der Waals surface area contributed by atoms with E-state index in [-0.39, 0.29) is 10.5 Å². The minimum absolute atomic E-state index is 0.0138. The first-order valence-corrected chi connectivity index (χ1v) is 10.8. The zero-order chi connectivity index (χ0) is 21.0. The van der Waals surface area contributed by atoms with Crippen molar-refractivity contribution in [3.8, 4) is 5.75 Å². The van der Waals surface area contributed by atoms with Gasteiger partial charge in [0.15, 0.2) is 0 Å². The van der Waals surface area contributed by atoms with E-state index in [0.29, 0.717) is 11.4 Å². The second-order valence-corrected chi connectivity index (χ2v) is 8.57. The first kappa shape index (κ1) is 20.9. The normalized spacial score (nSPS) is 15.1. The van der Waals surface area contributed by atoms with E-state index in [1.165, 1.54) is 32.4 Å². The number of nitrogens with one attached hydrogen (secondary N) is 2. The third-order valence-corrected chi connectivity index (χ3v) is 6.32. The number of hydrogen-bond donors (Lipinski definition) is 2. The van der Waals surface area contributed by atoms with E-state index < -0.39 is 15.9 Å². The Bertz CT molecular complexity index is 968. The van der Waals surface area contributed by atoms with Crippen molar-refractivity contribution in [2.24, 2.45) is 0 Å². The summed E-state index contributed by atoms with van der Waals surface area (Å²) in [5.41, 5.74) is 1.68. The van der Waals surface area contributed by atoms with Crippen molar-refractivity contribution in [3.63, 3.8) is 0 Å². The summed E-state index contributed by atoms with van der Waals surface area (Å²) < 4.78 is 33.3. The van der Waals surface area contributed by atoms with Crippen LogP contribution in [0, 0.1) is 0 Å². The Morgan fingerprint density at radius 3 is 2.28 bits per heavy atom. The van der Waals surface area contributed by atoms with Crippen molar-refractivity contribution in [2.75, 3.05) is 57.0 Å². The zero-order valence-corrected chi connectivity index (χ0v) is 17.6. The lowest BCUT2D eigenvalue weighted by molar-refractivity contribution is 0.0960. The van der Waals surface area contributed by atoms with Gasteiger partial charge in [0, 0.05) is 44.6 Å². The van der Waals surface area contributed by atoms with Gasteiger partial charge in [-0.3, -0.25) is 9.52 Å². The van der Waals surface area contributed by atoms with Crippen molar-refractivity contribution in [1.82, 2.24) is 10.2 Å². The van der Waals surface area contributed by atoms with Gasteiger partial charge in [-0.05, 0) is 49.5 Å². The Labute approximate surface area is 171 Å². The predicted octanol–water partition coefficient (Wildman–Crippen LogP) is 1.61. The molecular formula is C20H26N4O4S. The number of benzene rings is 2. The number of carbonyl (C=O) groups excluding carboxylic acids is 1. The summed E-state index contributed by atoms with van der Waals surface area (Å²) in [5.74, 6) is -0.116. The molecule has 9 heteroatoms. The summed E-state index contributed by atoms with van der Waals surface area (Å²) in [6.45, 7) is 3.88. The largest absolute Gasteiger partial charge is 0.496 e. The number of sulfonamides is 1. The predicted molar refractivity (Wildman–Crippen MR) is 113 cm³/mol. The van der Waals surface area contributed by atoms with E-state index in [2.05, 4.69) is 26.9 Å². The number of piperazine rings is 1. The van der Waals surface area contributed by atoms with Gasteiger partial charge in [-0.1, -0.05) is 0 Å². The third kappa shape index (κ3) is 4.80. The Morgan fingerprint density at radius 1 is 1.03 bits per heavy atom. The molecule has 2 aromatic carbocycles. The van der Waals surface area contributed by atoms with Crippen LogP contribution in [0.2, 0.25) is 0 Å². The third-order valence-electron chi connectivity index (χ3n) is 4.94. The molecule has 8 nitrogen and oxygen atoms in total. The molecule has 0 radical (unpaired) electrons. The summed E-state index contributed by atoms with van der Waals surface area (Å²) >= 11 is 0. The van der Waals surface area contributed by atoms with Crippen LogP contribution in [0.25, 0.3) is 0 Å². The highest BCUT2D eigenvalue weighted by molar-refractivity contribution is 7.92. The maximum absolute atomic E-state index is 12.8. The number of ether oxygens (including phenoxy) is 1. The quantitative estimate of drug-likeness (QED) is 0.741. The van der Waals surface area contributed by atoms with E-state index in [9.17, 15) is 13.2 Å². The Balaban J connectivity index is 1.78. The zero-order valence-electron chi connectivity index (χ0n) is 16.8. The lowest BCUT2D eigenvalue weighted by atomic mass is 10.2. The Hall–Kier alpha value is -2.78. The number of rotatable bonds is 6. The van der Waals surface area contributed by atoms with Crippen LogP contribution in [0.1, 0.15) is 10.4 Å². The van der Waals surface area contributed by atoms with Gasteiger partial charge in [-0.2, -0.15) is 0 Å². The van der Waals surface area contributed by atoms with Gasteiger partial charge in [0.2, 0.25) is 0 Å². The molecule has 0 atom stereocenters. The molecule has 29 heavy (non-hydrogen) atoms. The van der Waals surface area contributed by atoms with Gasteiger partial charge >= 0.3 is 0 Å². The minimum atomic E-state index is -3.85. The first-order valence-electron chi connectivity index (χ1n) is 9.30. The van der Waals surface area contributed by atoms with Crippen molar-refractivity contribution in [2.45, 2.75) is 4.90 Å². The molecule has 1 fully saturated rings. The van der Waals surface area contributed by atoms with Crippen LogP contribution >= 0.6 is 0 Å². The highest BCUT2D eigenvalue weighted by Gasteiger charge is 2.20. The van der Waals surface area contributed by atoms with Gasteiger partial charge in [-0.25, -0.2) is 8.42 Å². The topological polar surface area (TPSA) is 91.0 Å². The summed E-state index contributed by atoms with van der Waals surface area (Å²) in [5, 5.41) is 2.48. The molecule has 0 spiro atoms. The standard InChI is InChI=1S/C20H26N4O4S/c1-21-20(25)18-14-17(8-9-19(18)28-3)29(26,27)22-15-4-6-16(7-5-15)24-12-10-23(2)11-13-24/h4-9,14,22H,10-13H2,1-3H3,(H,21,25). The number of amides is 1. The molecule has 1 aliphatic heterocycles. The van der Waals surface area contributed by atoms with Gasteiger partial charge in [0.25, 0.3) is 15.9 Å². The van der Waals surface area contributed by atoms with Crippen LogP contribution < -0.4 is 19.7 Å². The molecule has 0 bridgehead atoms. The number of hydrogen-bond acceptors (Lipinski definition) is 6. The molecule has 1 amide bonds. The van der Waals surface area contributed by atoms with Gasteiger partial charge in [0.05, 0.1) is 17.6 Å². The number of carbonyl (C=O) groups is 1. The molecule has 156 valence electrons. The molecule has 1 saturated heterocycles. The lowest BCUT2D eigenvalue weighted by Crippen LogP contribution is -2.44. The molecule has 3 rings (SSSR count). The first-order chi connectivity index (χ1) is 13.8. The van der Waals surface area contributed by atoms with Crippen LogP contribution in [0.4, 0.5) is 11.4 Å². The molecule has 0 aromatic heterocycles. The molecule has 0 aliphatic carbocycles. The van der Waals surface area contributed by atoms with Gasteiger partial charge in [-0.15, -0.1) is 0 Å². The fourth-order valence-electron chi connectivity index (χ4n) is 3.19. The van der Waals surface area contributed by atoms with E-state index in [0.717, 1.165) is 31.9 Å². The lowest BCUT2D eigenvalue weighted by Gasteiger charge is -2.34. The average molecular weight is 419 g/mol. The van der Waals surface area contributed by atoms with Crippen LogP contribution in [0.3, 0.4) is 0 Å². The smallest absolute Gasteiger partial charge is 0.261 e. The molecule has 0 saturated carbocycles. The van der Waals surface area contributed by atoms with Gasteiger partial charge < -0.3 is 19.9 Å². The van der Waals surface area contributed by atoms with E-state index in [4.69, 9.17) is 4.74 Å². The van der Waals surface area contributed by atoms with E-state index >= 15 is 0 Å². The fourth-order valence-corrected chi connectivity index (χ4v) is 4.27. The molecule has 1 aliphatic rings. The minimum Gasteiger partial charge on any atom is -0.496 e. The summed E-state index contributed by atoms with van der Waals surface area (Å²) in [7, 11) is 1.15. The number of methoxy groups -OCH3 is 1. The number of anilines is 2. The van der Waals surface area contributed by atoms with E-state index in [1.807, 2.05) is 12.1 Å². The highest BCUT2D eigenvalue weighted by atomic mass is 32.2. The SMILES string of the molecule is CNC(=O)c1cc(S(=O)(=O)Nc2ccc(N3CCN(C)CC3)cc2)ccc1OC. The number of likely N-dealkylation sites (N-methyl/N-ethyl adjacent to an activating group) is 1. The van der Waals surface area contributed by atoms with Crippen LogP contribution in [0.5, 0.6) is 5.75 Å². The second kappa shape index (κ2) is 8.71. The van der Waals surface area contributed by atoms with Crippen LogP contribution in [0.15, 0.2) is 47.4 Å². The molecular weight excluding hydrogens is 392 g/mol. The van der Waals surface area contributed by atoms with Crippen LogP contribution in [-0.4, -0.2) is 66.6 Å². The van der Waals surface area contributed by atoms with Crippen molar-refractivity contribution in [1.29, 1.82) is 0 Å². The Morgan fingerprint density at radius 2 is 1.69 bits per heavy atom. The Kier molecular flexibility index (Phi) is 6.29. The molecule has 2 aromatic rings. The molecule has 1 heterocycles.